The summed E-state index contributed by atoms with van der Waals surface area (Å²) in [6, 6.07) is 63.1. The number of benzene rings is 7. The Kier molecular flexibility index (Phi) is 5.87. The summed E-state index contributed by atoms with van der Waals surface area (Å²) in [4.78, 5) is 5.11. The van der Waals surface area contributed by atoms with Gasteiger partial charge in [0.05, 0.1) is 33.3 Å². The Balaban J connectivity index is 1.18. The van der Waals surface area contributed by atoms with Gasteiger partial charge in [-0.25, -0.2) is 4.98 Å². The summed E-state index contributed by atoms with van der Waals surface area (Å²) in [7, 11) is 0. The van der Waals surface area contributed by atoms with E-state index in [2.05, 4.69) is 185 Å². The molecule has 7 aromatic carbocycles. The van der Waals surface area contributed by atoms with Gasteiger partial charge in [-0.3, -0.25) is 0 Å². The van der Waals surface area contributed by atoms with Crippen LogP contribution in [0.2, 0.25) is 0 Å². The standard InChI is InChI=1S/C45H29N3/c1-3-13-30(14-4-1)37-28-41(46-40-20-10-7-17-34(37)40)31-23-25-33(26-24-31)48-43-22-12-9-19-36(43)39-27-38-35-18-8-11-21-42(35)47(44(38)29-45(39)48)32-15-5-2-6-16-32/h1-29H. The van der Waals surface area contributed by atoms with Gasteiger partial charge in [0, 0.05) is 43.9 Å². The fraction of sp³-hybridized carbons (Fsp3) is 0. The number of hydrogen-bond acceptors (Lipinski definition) is 1. The molecule has 48 heavy (non-hydrogen) atoms. The Morgan fingerprint density at radius 3 is 1.50 bits per heavy atom. The van der Waals surface area contributed by atoms with E-state index >= 15 is 0 Å². The van der Waals surface area contributed by atoms with Gasteiger partial charge in [-0.2, -0.15) is 0 Å². The first-order valence-electron chi connectivity index (χ1n) is 16.4. The van der Waals surface area contributed by atoms with Gasteiger partial charge in [-0.15, -0.1) is 0 Å². The second kappa shape index (κ2) is 10.5. The van der Waals surface area contributed by atoms with E-state index in [4.69, 9.17) is 4.98 Å². The minimum absolute atomic E-state index is 0.968. The van der Waals surface area contributed by atoms with Gasteiger partial charge in [0.15, 0.2) is 0 Å². The predicted octanol–water partition coefficient (Wildman–Crippen LogP) is 11.8. The molecule has 0 N–H and O–H groups in total. The van der Waals surface area contributed by atoms with E-state index in [-0.39, 0.29) is 0 Å². The van der Waals surface area contributed by atoms with Crippen LogP contribution in [-0.4, -0.2) is 14.1 Å². The Bertz CT molecular complexity index is 2810. The number of rotatable bonds is 4. The van der Waals surface area contributed by atoms with Crippen LogP contribution in [-0.2, 0) is 0 Å². The highest BCUT2D eigenvalue weighted by Gasteiger charge is 2.18. The molecule has 0 bridgehead atoms. The lowest BCUT2D eigenvalue weighted by Crippen LogP contribution is -1.96. The summed E-state index contributed by atoms with van der Waals surface area (Å²) in [5.74, 6) is 0. The Labute approximate surface area is 277 Å². The maximum Gasteiger partial charge on any atom is 0.0715 e. The molecule has 0 radical (unpaired) electrons. The van der Waals surface area contributed by atoms with Crippen LogP contribution in [0.3, 0.4) is 0 Å². The van der Waals surface area contributed by atoms with Gasteiger partial charge >= 0.3 is 0 Å². The van der Waals surface area contributed by atoms with Crippen molar-refractivity contribution in [2.24, 2.45) is 0 Å². The van der Waals surface area contributed by atoms with Crippen LogP contribution in [0.1, 0.15) is 0 Å². The summed E-state index contributed by atoms with van der Waals surface area (Å²) >= 11 is 0. The van der Waals surface area contributed by atoms with Crippen LogP contribution >= 0.6 is 0 Å². The lowest BCUT2D eigenvalue weighted by Gasteiger charge is -2.12. The van der Waals surface area contributed by atoms with E-state index in [1.807, 2.05) is 0 Å². The molecule has 0 saturated heterocycles. The highest BCUT2D eigenvalue weighted by molar-refractivity contribution is 6.19. The maximum atomic E-state index is 5.11. The number of hydrogen-bond donors (Lipinski definition) is 0. The number of pyridine rings is 1. The first-order chi connectivity index (χ1) is 23.8. The SMILES string of the molecule is c1ccc(-c2cc(-c3ccc(-n4c5ccccc5c5cc6c7ccccc7n(-c7ccccc7)c6cc54)cc3)nc3ccccc23)cc1. The Hall–Kier alpha value is -6.45. The summed E-state index contributed by atoms with van der Waals surface area (Å²) in [5.41, 5.74) is 12.5. The number of nitrogens with zero attached hydrogens (tertiary/aromatic N) is 3. The topological polar surface area (TPSA) is 22.8 Å². The van der Waals surface area contributed by atoms with Crippen molar-refractivity contribution in [3.05, 3.63) is 176 Å². The molecule has 3 heterocycles. The molecule has 0 atom stereocenters. The fourth-order valence-electron chi connectivity index (χ4n) is 7.53. The smallest absolute Gasteiger partial charge is 0.0715 e. The molecule has 0 saturated carbocycles. The molecule has 0 aliphatic rings. The Morgan fingerprint density at radius 1 is 0.333 bits per heavy atom. The summed E-state index contributed by atoms with van der Waals surface area (Å²) in [6.07, 6.45) is 0. The molecule has 10 rings (SSSR count). The lowest BCUT2D eigenvalue weighted by atomic mass is 9.98. The van der Waals surface area contributed by atoms with Crippen molar-refractivity contribution in [2.75, 3.05) is 0 Å². The van der Waals surface area contributed by atoms with Crippen molar-refractivity contribution in [1.82, 2.24) is 14.1 Å². The van der Waals surface area contributed by atoms with Crippen molar-refractivity contribution >= 4 is 54.5 Å². The molecule has 0 aliphatic heterocycles. The third-order valence-corrected chi connectivity index (χ3v) is 9.70. The summed E-state index contributed by atoms with van der Waals surface area (Å²) in [6.45, 7) is 0. The minimum atomic E-state index is 0.968. The van der Waals surface area contributed by atoms with Gasteiger partial charge in [0.1, 0.15) is 0 Å². The maximum absolute atomic E-state index is 5.11. The van der Waals surface area contributed by atoms with Crippen LogP contribution < -0.4 is 0 Å². The normalized spacial score (nSPS) is 11.8. The van der Waals surface area contributed by atoms with Crippen LogP contribution in [0.4, 0.5) is 0 Å². The minimum Gasteiger partial charge on any atom is -0.309 e. The average molecular weight is 612 g/mol. The lowest BCUT2D eigenvalue weighted by molar-refractivity contribution is 1.16. The molecule has 0 fully saturated rings. The van der Waals surface area contributed by atoms with Crippen molar-refractivity contribution in [2.45, 2.75) is 0 Å². The van der Waals surface area contributed by atoms with Crippen LogP contribution in [0.5, 0.6) is 0 Å². The molecule has 0 amide bonds. The van der Waals surface area contributed by atoms with E-state index in [1.165, 1.54) is 54.7 Å². The highest BCUT2D eigenvalue weighted by atomic mass is 15.0. The van der Waals surface area contributed by atoms with Gasteiger partial charge in [0.2, 0.25) is 0 Å². The largest absolute Gasteiger partial charge is 0.309 e. The molecule has 3 heteroatoms. The van der Waals surface area contributed by atoms with Crippen LogP contribution in [0.25, 0.3) is 88.3 Å². The number of fused-ring (bicyclic) bond motifs is 7. The van der Waals surface area contributed by atoms with Gasteiger partial charge in [-0.1, -0.05) is 115 Å². The molecule has 0 unspecified atom stereocenters. The first-order valence-corrected chi connectivity index (χ1v) is 16.4. The third-order valence-electron chi connectivity index (χ3n) is 9.70. The number of aromatic nitrogens is 3. The second-order valence-corrected chi connectivity index (χ2v) is 12.4. The van der Waals surface area contributed by atoms with Gasteiger partial charge in [-0.05, 0) is 71.8 Å². The molecule has 0 aliphatic carbocycles. The van der Waals surface area contributed by atoms with Crippen molar-refractivity contribution in [3.63, 3.8) is 0 Å². The zero-order valence-electron chi connectivity index (χ0n) is 26.1. The zero-order chi connectivity index (χ0) is 31.6. The average Bonchev–Trinajstić information content (AvgIpc) is 3.66. The monoisotopic (exact) mass is 611 g/mol. The molecule has 224 valence electrons. The Morgan fingerprint density at radius 2 is 0.854 bits per heavy atom. The van der Waals surface area contributed by atoms with E-state index in [0.717, 1.165) is 33.5 Å². The predicted molar refractivity (Wildman–Crippen MR) is 201 cm³/mol. The molecule has 0 spiro atoms. The van der Waals surface area contributed by atoms with E-state index in [9.17, 15) is 0 Å². The van der Waals surface area contributed by atoms with Gasteiger partial charge < -0.3 is 9.13 Å². The first kappa shape index (κ1) is 26.7. The highest BCUT2D eigenvalue weighted by Crippen LogP contribution is 2.40. The van der Waals surface area contributed by atoms with E-state index < -0.39 is 0 Å². The fourth-order valence-corrected chi connectivity index (χ4v) is 7.53. The van der Waals surface area contributed by atoms with Crippen LogP contribution in [0.15, 0.2) is 176 Å². The van der Waals surface area contributed by atoms with Gasteiger partial charge in [0.25, 0.3) is 0 Å². The van der Waals surface area contributed by atoms with Crippen molar-refractivity contribution < 1.29 is 0 Å². The van der Waals surface area contributed by atoms with Crippen LogP contribution in [0, 0.1) is 0 Å². The molecule has 3 aromatic heterocycles. The van der Waals surface area contributed by atoms with E-state index in [1.54, 1.807) is 0 Å². The second-order valence-electron chi connectivity index (χ2n) is 12.4. The number of para-hydroxylation sites is 4. The summed E-state index contributed by atoms with van der Waals surface area (Å²) in [5, 5.41) is 6.18. The van der Waals surface area contributed by atoms with Crippen molar-refractivity contribution in [1.29, 1.82) is 0 Å². The third kappa shape index (κ3) is 4.04. The molecule has 3 nitrogen and oxygen atoms in total. The molecule has 10 aromatic rings. The van der Waals surface area contributed by atoms with E-state index in [0.29, 0.717) is 0 Å². The molecular formula is C45H29N3. The van der Waals surface area contributed by atoms with Crippen molar-refractivity contribution in [3.8, 4) is 33.8 Å². The molecular weight excluding hydrogens is 583 g/mol. The summed E-state index contributed by atoms with van der Waals surface area (Å²) < 4.78 is 4.80. The zero-order valence-corrected chi connectivity index (χ0v) is 26.1. The quantitative estimate of drug-likeness (QED) is 0.194.